The monoisotopic (exact) mass is 291 g/mol. The van der Waals surface area contributed by atoms with Crippen molar-refractivity contribution in [3.8, 4) is 0 Å². The molecule has 1 N–H and O–H groups in total. The number of hydrogen-bond donors (Lipinski definition) is 1. The molecule has 19 heavy (non-hydrogen) atoms. The Labute approximate surface area is 120 Å². The minimum absolute atomic E-state index is 0.387. The van der Waals surface area contributed by atoms with Gasteiger partial charge in [-0.15, -0.1) is 0 Å². The van der Waals surface area contributed by atoms with Crippen molar-refractivity contribution in [2.45, 2.75) is 6.23 Å². The fourth-order valence-corrected chi connectivity index (χ4v) is 2.24. The summed E-state index contributed by atoms with van der Waals surface area (Å²) < 4.78 is 5.23. The van der Waals surface area contributed by atoms with Crippen molar-refractivity contribution in [2.24, 2.45) is 0 Å². The van der Waals surface area contributed by atoms with Gasteiger partial charge in [0, 0.05) is 5.56 Å². The zero-order valence-corrected chi connectivity index (χ0v) is 11.0. The second-order valence-corrected chi connectivity index (χ2v) is 4.75. The van der Waals surface area contributed by atoms with E-state index in [0.717, 1.165) is 0 Å². The van der Waals surface area contributed by atoms with Gasteiger partial charge in [-0.2, -0.15) is 0 Å². The third-order valence-electron chi connectivity index (χ3n) is 2.78. The molecule has 0 aliphatic carbocycles. The van der Waals surface area contributed by atoms with Crippen LogP contribution in [0.1, 0.15) is 22.1 Å². The van der Waals surface area contributed by atoms with E-state index < -0.39 is 12.2 Å². The number of ether oxygens (including phenoxy) is 1. The Kier molecular flexibility index (Phi) is 2.98. The van der Waals surface area contributed by atoms with Crippen LogP contribution in [-0.4, -0.2) is 5.97 Å². The predicted octanol–water partition coefficient (Wildman–Crippen LogP) is 3.87. The Bertz CT molecular complexity index is 658. The van der Waals surface area contributed by atoms with E-state index in [-0.39, 0.29) is 0 Å². The molecule has 2 aromatic carbocycles. The van der Waals surface area contributed by atoms with Gasteiger partial charge >= 0.3 is 5.97 Å². The van der Waals surface area contributed by atoms with E-state index >= 15 is 0 Å². The lowest BCUT2D eigenvalue weighted by Crippen LogP contribution is -2.10. The number of nitrogens with one attached hydrogen (secondary N) is 1. The Morgan fingerprint density at radius 1 is 1.26 bits per heavy atom. The lowest BCUT2D eigenvalue weighted by atomic mass is 10.1. The fraction of sp³-hybridized carbons (Fsp3) is 0.0714. The Morgan fingerprint density at radius 3 is 2.95 bits per heavy atom. The first kappa shape index (κ1) is 12.2. The quantitative estimate of drug-likeness (QED) is 0.854. The molecular formula is C14H7Cl2NO2. The van der Waals surface area contributed by atoms with Crippen LogP contribution < -0.4 is 5.32 Å². The van der Waals surface area contributed by atoms with Crippen LogP contribution in [0.5, 0.6) is 0 Å². The van der Waals surface area contributed by atoms with Crippen molar-refractivity contribution in [1.82, 2.24) is 0 Å². The zero-order valence-electron chi connectivity index (χ0n) is 9.54. The molecule has 0 fully saturated rings. The third-order valence-corrected chi connectivity index (χ3v) is 3.60. The van der Waals surface area contributed by atoms with Gasteiger partial charge in [0.2, 0.25) is 6.23 Å². The summed E-state index contributed by atoms with van der Waals surface area (Å²) in [6.07, 6.45) is -0.593. The summed E-state index contributed by atoms with van der Waals surface area (Å²) in [6, 6.07) is 14.1. The van der Waals surface area contributed by atoms with Crippen LogP contribution in [0.25, 0.3) is 0 Å². The van der Waals surface area contributed by atoms with E-state index in [1.165, 1.54) is 0 Å². The van der Waals surface area contributed by atoms with Gasteiger partial charge in [-0.25, -0.2) is 4.79 Å². The molecule has 1 atom stereocenters. The first-order chi connectivity index (χ1) is 9.16. The summed E-state index contributed by atoms with van der Waals surface area (Å²) in [5.41, 5.74) is 1.70. The molecule has 3 rings (SSSR count). The highest BCUT2D eigenvalue weighted by molar-refractivity contribution is 6.43. The highest BCUT2D eigenvalue weighted by Crippen LogP contribution is 2.35. The first-order valence-electron chi connectivity index (χ1n) is 5.50. The molecule has 0 spiro atoms. The van der Waals surface area contributed by atoms with Crippen LogP contribution >= 0.6 is 23.2 Å². The van der Waals surface area contributed by atoms with Crippen LogP contribution in [0.15, 0.2) is 30.3 Å². The SMILES string of the molecule is O=C1OC(Nc2cccc(Cl)c2Cl)c2ccc#cc21. The molecule has 0 saturated carbocycles. The second-order valence-electron chi connectivity index (χ2n) is 3.96. The maximum Gasteiger partial charge on any atom is 0.349 e. The summed E-state index contributed by atoms with van der Waals surface area (Å²) in [4.78, 5) is 11.6. The summed E-state index contributed by atoms with van der Waals surface area (Å²) in [7, 11) is 0. The molecular weight excluding hydrogens is 285 g/mol. The van der Waals surface area contributed by atoms with Crippen LogP contribution in [0.4, 0.5) is 5.69 Å². The molecule has 3 nitrogen and oxygen atoms in total. The predicted molar refractivity (Wildman–Crippen MR) is 72.4 cm³/mol. The minimum Gasteiger partial charge on any atom is -0.433 e. The Balaban J connectivity index is 1.94. The van der Waals surface area contributed by atoms with E-state index in [0.29, 0.717) is 26.9 Å². The van der Waals surface area contributed by atoms with Gasteiger partial charge in [0.05, 0.1) is 15.7 Å². The van der Waals surface area contributed by atoms with Gasteiger partial charge in [0.25, 0.3) is 0 Å². The van der Waals surface area contributed by atoms with E-state index in [2.05, 4.69) is 17.4 Å². The number of carbonyl (C=O) groups is 1. The normalized spacial score (nSPS) is 16.5. The van der Waals surface area contributed by atoms with Gasteiger partial charge in [-0.1, -0.05) is 41.4 Å². The van der Waals surface area contributed by atoms with E-state index in [1.54, 1.807) is 30.3 Å². The number of esters is 1. The number of benzene rings is 1. The summed E-state index contributed by atoms with van der Waals surface area (Å²) in [5, 5.41) is 3.87. The molecule has 2 aromatic rings. The molecule has 1 aliphatic heterocycles. The smallest absolute Gasteiger partial charge is 0.349 e. The number of carbonyl (C=O) groups excluding carboxylic acids is 1. The van der Waals surface area contributed by atoms with Crippen LogP contribution in [-0.2, 0) is 4.74 Å². The molecule has 0 saturated heterocycles. The topological polar surface area (TPSA) is 38.3 Å². The van der Waals surface area contributed by atoms with E-state index in [1.807, 2.05) is 0 Å². The zero-order chi connectivity index (χ0) is 13.4. The standard InChI is InChI=1S/C14H7Cl2NO2/c15-10-6-3-7-11(12(10)16)17-13-8-4-1-2-5-9(8)14(18)19-13/h1,3-4,6-7,13,17H. The van der Waals surface area contributed by atoms with Gasteiger partial charge in [-0.05, 0) is 24.3 Å². The van der Waals surface area contributed by atoms with Crippen molar-refractivity contribution >= 4 is 34.9 Å². The molecule has 1 heterocycles. The van der Waals surface area contributed by atoms with Crippen molar-refractivity contribution in [2.75, 3.05) is 5.32 Å². The molecule has 0 aromatic heterocycles. The van der Waals surface area contributed by atoms with Gasteiger partial charge in [-0.3, -0.25) is 0 Å². The number of hydrogen-bond acceptors (Lipinski definition) is 3. The number of halogens is 2. The van der Waals surface area contributed by atoms with Crippen molar-refractivity contribution in [1.29, 1.82) is 0 Å². The van der Waals surface area contributed by atoms with Crippen LogP contribution in [0.2, 0.25) is 10.0 Å². The van der Waals surface area contributed by atoms with Gasteiger partial charge < -0.3 is 10.1 Å². The highest BCUT2D eigenvalue weighted by atomic mass is 35.5. The average molecular weight is 292 g/mol. The maximum absolute atomic E-state index is 11.6. The maximum atomic E-state index is 11.6. The first-order valence-corrected chi connectivity index (χ1v) is 6.26. The number of rotatable bonds is 2. The van der Waals surface area contributed by atoms with Gasteiger partial charge in [0.15, 0.2) is 0 Å². The largest absolute Gasteiger partial charge is 0.433 e. The second kappa shape index (κ2) is 4.65. The van der Waals surface area contributed by atoms with Crippen molar-refractivity contribution in [3.63, 3.8) is 0 Å². The number of anilines is 1. The lowest BCUT2D eigenvalue weighted by molar-refractivity contribution is 0.0437. The van der Waals surface area contributed by atoms with Crippen molar-refractivity contribution in [3.05, 3.63) is 63.6 Å². The molecule has 1 aliphatic rings. The van der Waals surface area contributed by atoms with Crippen LogP contribution in [0, 0.1) is 12.1 Å². The molecule has 5 heteroatoms. The van der Waals surface area contributed by atoms with Crippen molar-refractivity contribution < 1.29 is 9.53 Å². The highest BCUT2D eigenvalue weighted by Gasteiger charge is 2.31. The average Bonchev–Trinajstić information content (AvgIpc) is 2.73. The number of cyclic esters (lactones) is 1. The molecule has 94 valence electrons. The van der Waals surface area contributed by atoms with Crippen LogP contribution in [0.3, 0.4) is 0 Å². The molecule has 0 radical (unpaired) electrons. The summed E-state index contributed by atoms with van der Waals surface area (Å²) >= 11 is 12.0. The summed E-state index contributed by atoms with van der Waals surface area (Å²) in [5.74, 6) is -0.428. The van der Waals surface area contributed by atoms with Gasteiger partial charge in [0.1, 0.15) is 5.56 Å². The molecule has 0 bridgehead atoms. The van der Waals surface area contributed by atoms with E-state index in [9.17, 15) is 4.79 Å². The fourth-order valence-electron chi connectivity index (χ4n) is 1.88. The lowest BCUT2D eigenvalue weighted by Gasteiger charge is -2.15. The summed E-state index contributed by atoms with van der Waals surface area (Å²) in [6.45, 7) is 0. The molecule has 1 unspecified atom stereocenters. The minimum atomic E-state index is -0.593. The van der Waals surface area contributed by atoms with E-state index in [4.69, 9.17) is 27.9 Å². The number of fused-ring (bicyclic) bond motifs is 1. The Hall–Kier alpha value is -1.89. The third kappa shape index (κ3) is 2.10. The Morgan fingerprint density at radius 2 is 2.11 bits per heavy atom. The molecule has 0 amide bonds.